The molecule has 10 atom stereocenters. The molecule has 0 aromatic heterocycles. The zero-order valence-corrected chi connectivity index (χ0v) is 34.1. The second kappa shape index (κ2) is 21.0. The van der Waals surface area contributed by atoms with E-state index < -0.39 is 48.4 Å². The van der Waals surface area contributed by atoms with Gasteiger partial charge in [-0.25, -0.2) is 0 Å². The lowest BCUT2D eigenvalue weighted by Gasteiger charge is -2.41. The van der Waals surface area contributed by atoms with Gasteiger partial charge < -0.3 is 35.0 Å². The summed E-state index contributed by atoms with van der Waals surface area (Å²) in [4.78, 5) is 60.6. The van der Waals surface area contributed by atoms with Gasteiger partial charge in [0.15, 0.2) is 0 Å². The first kappa shape index (κ1) is 45.1. The minimum absolute atomic E-state index is 0.0153. The molecule has 4 amide bonds. The molecule has 3 N–H and O–H groups in total. The number of aliphatic hydroxyl groups excluding tert-OH is 1. The molecule has 12 heteroatoms. The first-order valence-electron chi connectivity index (χ1n) is 19.0. The summed E-state index contributed by atoms with van der Waals surface area (Å²) in [6.07, 6.45) is 0.148. The Kier molecular flexibility index (Phi) is 18.2. The number of likely N-dealkylation sites (N-methyl/N-ethyl adjacent to an activating group) is 2. The minimum Gasteiger partial charge on any atom is -0.386 e. The molecule has 1 fully saturated rings. The van der Waals surface area contributed by atoms with Crippen LogP contribution < -0.4 is 10.6 Å². The summed E-state index contributed by atoms with van der Waals surface area (Å²) >= 11 is 0. The van der Waals surface area contributed by atoms with E-state index in [4.69, 9.17) is 9.47 Å². The number of nitrogens with one attached hydrogen (secondary N) is 2. The Hall–Kier alpha value is -3.06. The summed E-state index contributed by atoms with van der Waals surface area (Å²) < 4.78 is 11.9. The molecule has 0 spiro atoms. The molecule has 12 nitrogen and oxygen atoms in total. The highest BCUT2D eigenvalue weighted by Crippen LogP contribution is 2.30. The highest BCUT2D eigenvalue weighted by molar-refractivity contribution is 5.90. The molecule has 0 radical (unpaired) electrons. The molecular weight excluding hydrogens is 662 g/mol. The third-order valence-corrected chi connectivity index (χ3v) is 10.9. The monoisotopic (exact) mass is 732 g/mol. The van der Waals surface area contributed by atoms with Gasteiger partial charge in [-0.15, -0.1) is 0 Å². The molecule has 1 saturated heterocycles. The lowest BCUT2D eigenvalue weighted by Crippen LogP contribution is -2.59. The molecule has 0 bridgehead atoms. The van der Waals surface area contributed by atoms with Gasteiger partial charge in [0.25, 0.3) is 0 Å². The fourth-order valence-corrected chi connectivity index (χ4v) is 7.78. The normalized spacial score (nSPS) is 20.1. The highest BCUT2D eigenvalue weighted by Gasteiger charge is 2.43. The van der Waals surface area contributed by atoms with E-state index in [1.165, 1.54) is 0 Å². The number of nitrogens with zero attached hydrogens (tertiary/aromatic N) is 3. The zero-order valence-electron chi connectivity index (χ0n) is 34.1. The quantitative estimate of drug-likeness (QED) is 0.184. The number of hydrogen-bond acceptors (Lipinski definition) is 8. The molecule has 1 aromatic rings. The summed E-state index contributed by atoms with van der Waals surface area (Å²) in [5.74, 6) is -1.57. The summed E-state index contributed by atoms with van der Waals surface area (Å²) in [6.45, 7) is 16.0. The van der Waals surface area contributed by atoms with E-state index in [1.807, 2.05) is 90.9 Å². The Balaban J connectivity index is 2.25. The van der Waals surface area contributed by atoms with Crippen LogP contribution in [0.1, 0.15) is 92.7 Å². The molecule has 296 valence electrons. The average molecular weight is 732 g/mol. The van der Waals surface area contributed by atoms with Crippen LogP contribution in [-0.2, 0) is 28.7 Å². The molecule has 1 aliphatic heterocycles. The lowest BCUT2D eigenvalue weighted by atomic mass is 9.89. The van der Waals surface area contributed by atoms with Crippen LogP contribution in [0.15, 0.2) is 30.3 Å². The number of rotatable bonds is 20. The van der Waals surface area contributed by atoms with Gasteiger partial charge in [0.05, 0.1) is 54.8 Å². The van der Waals surface area contributed by atoms with Crippen molar-refractivity contribution < 1.29 is 33.8 Å². The molecule has 52 heavy (non-hydrogen) atoms. The first-order valence-corrected chi connectivity index (χ1v) is 19.0. The van der Waals surface area contributed by atoms with E-state index in [0.717, 1.165) is 12.8 Å². The number of carbonyl (C=O) groups is 4. The Labute approximate surface area is 313 Å². The number of benzene rings is 1. The summed E-state index contributed by atoms with van der Waals surface area (Å²) in [5, 5.41) is 16.8. The van der Waals surface area contributed by atoms with Crippen LogP contribution in [0.25, 0.3) is 0 Å². The van der Waals surface area contributed by atoms with E-state index in [1.54, 1.807) is 44.9 Å². The molecule has 2 rings (SSSR count). The molecule has 0 aliphatic carbocycles. The standard InChI is InChI=1S/C40H69N5O7/c1-14-26(6)35(44(11)40(50)33(24(2)3)42-39(49)34(25(4)5)43(9)10)31(51-12)23-32(46)45-22-18-21-30(45)37(52-13)27(7)38(48)41-28(8)36(47)29-19-16-15-17-20-29/h15-17,19-20,24-28,30-31,33-37,47H,14,18,21-23H2,1-13H3,(H,41,48)(H,42,49). The smallest absolute Gasteiger partial charge is 0.245 e. The van der Waals surface area contributed by atoms with Crippen LogP contribution in [0.2, 0.25) is 0 Å². The van der Waals surface area contributed by atoms with Crippen LogP contribution in [0.4, 0.5) is 0 Å². The highest BCUT2D eigenvalue weighted by atomic mass is 16.5. The predicted molar refractivity (Wildman–Crippen MR) is 204 cm³/mol. The molecule has 1 aliphatic rings. The zero-order chi connectivity index (χ0) is 39.4. The summed E-state index contributed by atoms with van der Waals surface area (Å²) in [6, 6.07) is 6.72. The number of likely N-dealkylation sites (tertiary alicyclic amines) is 1. The van der Waals surface area contributed by atoms with Crippen LogP contribution in [0.3, 0.4) is 0 Å². The molecular formula is C40H69N5O7. The van der Waals surface area contributed by atoms with Gasteiger partial charge in [0, 0.05) is 27.8 Å². The molecule has 1 aromatic carbocycles. The van der Waals surface area contributed by atoms with Crippen LogP contribution in [-0.4, -0.2) is 128 Å². The fraction of sp³-hybridized carbons (Fsp3) is 0.750. The number of amides is 4. The van der Waals surface area contributed by atoms with Crippen LogP contribution in [0.5, 0.6) is 0 Å². The third kappa shape index (κ3) is 11.5. The van der Waals surface area contributed by atoms with Crippen molar-refractivity contribution in [2.75, 3.05) is 41.9 Å². The van der Waals surface area contributed by atoms with Crippen LogP contribution in [0, 0.1) is 23.7 Å². The Morgan fingerprint density at radius 3 is 2.02 bits per heavy atom. The van der Waals surface area contributed by atoms with Crippen molar-refractivity contribution in [2.45, 2.75) is 130 Å². The largest absolute Gasteiger partial charge is 0.386 e. The van der Waals surface area contributed by atoms with Crippen molar-refractivity contribution in [1.29, 1.82) is 0 Å². The third-order valence-electron chi connectivity index (χ3n) is 10.9. The number of ether oxygens (including phenoxy) is 2. The topological polar surface area (TPSA) is 141 Å². The molecule has 10 unspecified atom stereocenters. The van der Waals surface area contributed by atoms with E-state index in [2.05, 4.69) is 10.6 Å². The lowest BCUT2D eigenvalue weighted by molar-refractivity contribution is -0.148. The van der Waals surface area contributed by atoms with Gasteiger partial charge in [-0.3, -0.25) is 24.1 Å². The number of aliphatic hydroxyl groups is 1. The molecule has 0 saturated carbocycles. The van der Waals surface area contributed by atoms with Gasteiger partial charge in [0.2, 0.25) is 23.6 Å². The van der Waals surface area contributed by atoms with E-state index in [-0.39, 0.29) is 53.8 Å². The van der Waals surface area contributed by atoms with Crippen molar-refractivity contribution in [3.05, 3.63) is 35.9 Å². The summed E-state index contributed by atoms with van der Waals surface area (Å²) in [7, 11) is 8.57. The van der Waals surface area contributed by atoms with Gasteiger partial charge in [-0.05, 0) is 57.2 Å². The Morgan fingerprint density at radius 1 is 0.904 bits per heavy atom. The van der Waals surface area contributed by atoms with Gasteiger partial charge in [-0.2, -0.15) is 0 Å². The number of hydrogen-bond donors (Lipinski definition) is 3. The minimum atomic E-state index is -0.876. The number of methoxy groups -OCH3 is 2. The average Bonchev–Trinajstić information content (AvgIpc) is 3.59. The van der Waals surface area contributed by atoms with Crippen LogP contribution >= 0.6 is 0 Å². The predicted octanol–water partition coefficient (Wildman–Crippen LogP) is 3.87. The van der Waals surface area contributed by atoms with Crippen molar-refractivity contribution in [1.82, 2.24) is 25.3 Å². The van der Waals surface area contributed by atoms with Gasteiger partial charge >= 0.3 is 0 Å². The summed E-state index contributed by atoms with van der Waals surface area (Å²) in [5.41, 5.74) is 0.711. The van der Waals surface area contributed by atoms with E-state index >= 15 is 0 Å². The van der Waals surface area contributed by atoms with Crippen molar-refractivity contribution in [3.8, 4) is 0 Å². The second-order valence-corrected chi connectivity index (χ2v) is 15.6. The first-order chi connectivity index (χ1) is 24.4. The van der Waals surface area contributed by atoms with Gasteiger partial charge in [0.1, 0.15) is 6.04 Å². The number of carbonyl (C=O) groups excluding carboxylic acids is 4. The van der Waals surface area contributed by atoms with E-state index in [0.29, 0.717) is 18.5 Å². The molecule has 1 heterocycles. The van der Waals surface area contributed by atoms with E-state index in [9.17, 15) is 24.3 Å². The van der Waals surface area contributed by atoms with Crippen molar-refractivity contribution in [3.63, 3.8) is 0 Å². The maximum absolute atomic E-state index is 14.2. The Bertz CT molecular complexity index is 1270. The van der Waals surface area contributed by atoms with Gasteiger partial charge in [-0.1, -0.05) is 85.2 Å². The Morgan fingerprint density at radius 2 is 1.52 bits per heavy atom. The SMILES string of the molecule is CCC(C)C(C(CC(=O)N1CCCC1C(OC)C(C)C(=O)NC(C)C(O)c1ccccc1)OC)N(C)C(=O)C(NC(=O)C(C(C)C)N(C)C)C(C)C. The maximum Gasteiger partial charge on any atom is 0.245 e. The van der Waals surface area contributed by atoms with Crippen molar-refractivity contribution >= 4 is 23.6 Å². The van der Waals surface area contributed by atoms with Crippen molar-refractivity contribution in [2.24, 2.45) is 23.7 Å². The fourth-order valence-electron chi connectivity index (χ4n) is 7.78. The maximum atomic E-state index is 14.2. The second-order valence-electron chi connectivity index (χ2n) is 15.6.